The lowest BCUT2D eigenvalue weighted by Gasteiger charge is -2.37. The summed E-state index contributed by atoms with van der Waals surface area (Å²) >= 11 is 0. The van der Waals surface area contributed by atoms with Gasteiger partial charge in [0.1, 0.15) is 0 Å². The highest BCUT2D eigenvalue weighted by Crippen LogP contribution is 2.35. The monoisotopic (exact) mass is 377 g/mol. The second-order valence-corrected chi connectivity index (χ2v) is 8.43. The fourth-order valence-electron chi connectivity index (χ4n) is 4.25. The number of likely N-dealkylation sites (N-methyl/N-ethyl adjacent to an activating group) is 2. The molecule has 2 N–H and O–H groups in total. The highest BCUT2D eigenvalue weighted by Gasteiger charge is 2.30. The van der Waals surface area contributed by atoms with Crippen LogP contribution >= 0.6 is 0 Å². The first-order valence-electron chi connectivity index (χ1n) is 10.6. The first kappa shape index (κ1) is 21.9. The maximum atomic E-state index is 12.6. The van der Waals surface area contributed by atoms with Crippen molar-refractivity contribution in [2.24, 2.45) is 5.92 Å². The maximum absolute atomic E-state index is 12.6. The average Bonchev–Trinajstić information content (AvgIpc) is 3.08. The van der Waals surface area contributed by atoms with Gasteiger partial charge < -0.3 is 15.1 Å². The third-order valence-corrected chi connectivity index (χ3v) is 5.72. The van der Waals surface area contributed by atoms with Gasteiger partial charge in [-0.3, -0.25) is 9.89 Å². The lowest BCUT2D eigenvalue weighted by molar-refractivity contribution is -0.134. The molecule has 1 aliphatic carbocycles. The third-order valence-electron chi connectivity index (χ3n) is 5.72. The molecule has 0 aromatic carbocycles. The Morgan fingerprint density at radius 2 is 2.04 bits per heavy atom. The molecule has 0 radical (unpaired) electrons. The van der Waals surface area contributed by atoms with Crippen molar-refractivity contribution in [1.82, 2.24) is 25.3 Å². The van der Waals surface area contributed by atoms with Crippen LogP contribution in [0.5, 0.6) is 0 Å². The SMILES string of the molecule is CCN(C(=O)CC(C)C)C1CCC(c2[nH]ncc2CN(C)CCNC)CC1. The molecule has 6 heteroatoms. The number of rotatable bonds is 10. The van der Waals surface area contributed by atoms with Crippen molar-refractivity contribution in [3.63, 3.8) is 0 Å². The molecule has 1 aromatic heterocycles. The fourth-order valence-corrected chi connectivity index (χ4v) is 4.25. The summed E-state index contributed by atoms with van der Waals surface area (Å²) in [4.78, 5) is 17.0. The quantitative estimate of drug-likeness (QED) is 0.658. The van der Waals surface area contributed by atoms with Crippen LogP contribution in [-0.4, -0.2) is 65.7 Å². The zero-order valence-electron chi connectivity index (χ0n) is 17.9. The van der Waals surface area contributed by atoms with Crippen LogP contribution in [-0.2, 0) is 11.3 Å². The molecule has 1 amide bonds. The van der Waals surface area contributed by atoms with E-state index in [1.807, 2.05) is 13.2 Å². The van der Waals surface area contributed by atoms with Crippen molar-refractivity contribution < 1.29 is 4.79 Å². The third kappa shape index (κ3) is 6.32. The average molecular weight is 378 g/mol. The summed E-state index contributed by atoms with van der Waals surface area (Å²) < 4.78 is 0. The predicted molar refractivity (Wildman–Crippen MR) is 111 cm³/mol. The molecule has 27 heavy (non-hydrogen) atoms. The topological polar surface area (TPSA) is 64.3 Å². The second-order valence-electron chi connectivity index (χ2n) is 8.43. The van der Waals surface area contributed by atoms with E-state index >= 15 is 0 Å². The Labute approximate surface area is 165 Å². The van der Waals surface area contributed by atoms with E-state index in [2.05, 4.69) is 53.1 Å². The number of carbonyl (C=O) groups excluding carboxylic acids is 1. The van der Waals surface area contributed by atoms with Gasteiger partial charge in [0, 0.05) is 55.8 Å². The van der Waals surface area contributed by atoms with Crippen molar-refractivity contribution in [2.75, 3.05) is 33.7 Å². The molecular weight excluding hydrogens is 338 g/mol. The highest BCUT2D eigenvalue weighted by atomic mass is 16.2. The Hall–Kier alpha value is -1.40. The van der Waals surface area contributed by atoms with Crippen LogP contribution in [0.15, 0.2) is 6.20 Å². The lowest BCUT2D eigenvalue weighted by Crippen LogP contribution is -2.42. The molecule has 0 unspecified atom stereocenters. The summed E-state index contributed by atoms with van der Waals surface area (Å²) in [5.74, 6) is 1.29. The minimum absolute atomic E-state index is 0.323. The molecule has 1 aromatic rings. The molecule has 0 atom stereocenters. The Kier molecular flexibility index (Phi) is 8.77. The fraction of sp³-hybridized carbons (Fsp3) is 0.810. The van der Waals surface area contributed by atoms with Crippen molar-refractivity contribution in [3.05, 3.63) is 17.5 Å². The summed E-state index contributed by atoms with van der Waals surface area (Å²) in [5, 5.41) is 10.8. The zero-order chi connectivity index (χ0) is 19.8. The Bertz CT molecular complexity index is 563. The van der Waals surface area contributed by atoms with Gasteiger partial charge in [0.05, 0.1) is 6.20 Å². The normalized spacial score (nSPS) is 20.4. The first-order chi connectivity index (χ1) is 13.0. The summed E-state index contributed by atoms with van der Waals surface area (Å²) in [6.45, 7) is 10.1. The van der Waals surface area contributed by atoms with Crippen LogP contribution in [0.3, 0.4) is 0 Å². The molecule has 1 heterocycles. The molecule has 1 saturated carbocycles. The van der Waals surface area contributed by atoms with Crippen LogP contribution in [0, 0.1) is 5.92 Å². The molecule has 0 aliphatic heterocycles. The predicted octanol–water partition coefficient (Wildman–Crippen LogP) is 2.98. The molecule has 0 saturated heterocycles. The molecule has 0 spiro atoms. The summed E-state index contributed by atoms with van der Waals surface area (Å²) in [5.41, 5.74) is 2.63. The van der Waals surface area contributed by atoms with E-state index < -0.39 is 0 Å². The van der Waals surface area contributed by atoms with Crippen molar-refractivity contribution in [1.29, 1.82) is 0 Å². The van der Waals surface area contributed by atoms with Crippen LogP contribution in [0.25, 0.3) is 0 Å². The van der Waals surface area contributed by atoms with E-state index in [-0.39, 0.29) is 0 Å². The number of aromatic amines is 1. The van der Waals surface area contributed by atoms with Crippen molar-refractivity contribution in [3.8, 4) is 0 Å². The number of nitrogens with zero attached hydrogens (tertiary/aromatic N) is 3. The maximum Gasteiger partial charge on any atom is 0.223 e. The van der Waals surface area contributed by atoms with Crippen LogP contribution in [0.4, 0.5) is 0 Å². The van der Waals surface area contributed by atoms with Gasteiger partial charge in [-0.25, -0.2) is 0 Å². The number of aromatic nitrogens is 2. The van der Waals surface area contributed by atoms with Gasteiger partial charge in [0.2, 0.25) is 5.91 Å². The zero-order valence-corrected chi connectivity index (χ0v) is 17.9. The van der Waals surface area contributed by atoms with Gasteiger partial charge in [-0.05, 0) is 52.6 Å². The Morgan fingerprint density at radius 1 is 1.33 bits per heavy atom. The van der Waals surface area contributed by atoms with E-state index in [1.54, 1.807) is 0 Å². The minimum atomic E-state index is 0.323. The summed E-state index contributed by atoms with van der Waals surface area (Å²) in [7, 11) is 4.14. The molecule has 6 nitrogen and oxygen atoms in total. The van der Waals surface area contributed by atoms with E-state index in [9.17, 15) is 4.79 Å². The largest absolute Gasteiger partial charge is 0.340 e. The van der Waals surface area contributed by atoms with Gasteiger partial charge >= 0.3 is 0 Å². The van der Waals surface area contributed by atoms with Gasteiger partial charge in [-0.15, -0.1) is 0 Å². The van der Waals surface area contributed by atoms with E-state index in [4.69, 9.17) is 0 Å². The number of H-pyrrole nitrogens is 1. The standard InChI is InChI=1S/C21H39N5O/c1-6-26(20(27)13-16(2)3)19-9-7-17(8-10-19)21-18(14-23-24-21)15-25(5)12-11-22-4/h14,16-17,19,22H,6-13,15H2,1-5H3,(H,23,24). The van der Waals surface area contributed by atoms with Crippen LogP contribution in [0.2, 0.25) is 0 Å². The van der Waals surface area contributed by atoms with Gasteiger partial charge in [-0.1, -0.05) is 13.8 Å². The molecule has 154 valence electrons. The summed E-state index contributed by atoms with van der Waals surface area (Å²) in [6, 6.07) is 0.405. The van der Waals surface area contributed by atoms with E-state index in [0.29, 0.717) is 30.2 Å². The Morgan fingerprint density at radius 3 is 2.63 bits per heavy atom. The van der Waals surface area contributed by atoms with E-state index in [1.165, 1.54) is 11.3 Å². The number of hydrogen-bond acceptors (Lipinski definition) is 4. The molecule has 1 fully saturated rings. The molecular formula is C21H39N5O. The smallest absolute Gasteiger partial charge is 0.223 e. The number of nitrogens with one attached hydrogen (secondary N) is 2. The second kappa shape index (κ2) is 10.8. The first-order valence-corrected chi connectivity index (χ1v) is 10.6. The summed E-state index contributed by atoms with van der Waals surface area (Å²) in [6.07, 6.45) is 7.10. The van der Waals surface area contributed by atoms with Crippen molar-refractivity contribution in [2.45, 2.75) is 71.4 Å². The van der Waals surface area contributed by atoms with E-state index in [0.717, 1.165) is 51.9 Å². The number of amides is 1. The van der Waals surface area contributed by atoms with Gasteiger partial charge in [0.25, 0.3) is 0 Å². The lowest BCUT2D eigenvalue weighted by atomic mass is 9.82. The van der Waals surface area contributed by atoms with Gasteiger partial charge in [-0.2, -0.15) is 5.10 Å². The molecule has 1 aliphatic rings. The van der Waals surface area contributed by atoms with Crippen LogP contribution in [0.1, 0.15) is 70.1 Å². The Balaban J connectivity index is 1.92. The number of hydrogen-bond donors (Lipinski definition) is 2. The van der Waals surface area contributed by atoms with Gasteiger partial charge in [0.15, 0.2) is 0 Å². The molecule has 0 bridgehead atoms. The molecule has 2 rings (SSSR count). The highest BCUT2D eigenvalue weighted by molar-refractivity contribution is 5.76. The van der Waals surface area contributed by atoms with Crippen LogP contribution < -0.4 is 5.32 Å². The number of carbonyl (C=O) groups is 1. The minimum Gasteiger partial charge on any atom is -0.340 e. The van der Waals surface area contributed by atoms with Crippen molar-refractivity contribution >= 4 is 5.91 Å².